The highest BCUT2D eigenvalue weighted by Gasteiger charge is 2.33. The molecule has 0 heterocycles. The molecular weight excluding hydrogens is 599 g/mol. The van der Waals surface area contributed by atoms with Gasteiger partial charge in [0.2, 0.25) is 10.0 Å². The van der Waals surface area contributed by atoms with Gasteiger partial charge in [-0.2, -0.15) is 4.31 Å². The molecule has 3 rings (SSSR count). The minimum absolute atomic E-state index is 0.0191. The van der Waals surface area contributed by atoms with Gasteiger partial charge < -0.3 is 25.8 Å². The van der Waals surface area contributed by atoms with Crippen LogP contribution in [0.2, 0.25) is 0 Å². The first-order valence-electron chi connectivity index (χ1n) is 15.1. The molecule has 4 N–H and O–H groups in total. The molecule has 0 bridgehead atoms. The molecule has 2 amide bonds. The van der Waals surface area contributed by atoms with Crippen molar-refractivity contribution in [2.75, 3.05) is 45.8 Å². The van der Waals surface area contributed by atoms with Crippen molar-refractivity contribution in [1.82, 2.24) is 14.5 Å². The average Bonchev–Trinajstić information content (AvgIpc) is 2.99. The zero-order valence-electron chi connectivity index (χ0n) is 26.5. The Bertz CT molecular complexity index is 1410. The fourth-order valence-corrected chi connectivity index (χ4v) is 8.13. The van der Waals surface area contributed by atoms with E-state index in [0.29, 0.717) is 17.5 Å². The van der Waals surface area contributed by atoms with E-state index in [1.165, 1.54) is 42.1 Å². The predicted molar refractivity (Wildman–Crippen MR) is 179 cm³/mol. The standard InChI is InChI=1S/C32H47N4O6PS/c1-22(2)19-36(44(40,41)28-14-12-27(42-4)13-15-28)20-30(37)29(21-43(5)6)34-31(38)23-16-24(18-25(33)17-23)32(39)35(3)26-10-8-7-9-11-26/h12-18,22,26,29-30,37H,5,7-11,19-21,33H2,1-4,6H3/p+1. The first-order valence-corrected chi connectivity index (χ1v) is 18.6. The molecule has 1 saturated carbocycles. The number of carbonyl (C=O) groups excluding carboxylic acids is 2. The summed E-state index contributed by atoms with van der Waals surface area (Å²) < 4.78 is 33.7. The Morgan fingerprint density at radius 1 is 1.09 bits per heavy atom. The Labute approximate surface area is 263 Å². The van der Waals surface area contributed by atoms with Crippen molar-refractivity contribution in [1.29, 1.82) is 0 Å². The Kier molecular flexibility index (Phi) is 12.8. The van der Waals surface area contributed by atoms with Crippen LogP contribution in [0.5, 0.6) is 5.75 Å². The van der Waals surface area contributed by atoms with E-state index in [2.05, 4.69) is 11.6 Å². The second-order valence-corrected chi connectivity index (χ2v) is 16.1. The van der Waals surface area contributed by atoms with Crippen LogP contribution >= 0.6 is 7.55 Å². The van der Waals surface area contributed by atoms with E-state index >= 15 is 0 Å². The normalized spacial score (nSPS) is 16.0. The van der Waals surface area contributed by atoms with Crippen molar-refractivity contribution in [3.05, 3.63) is 53.6 Å². The molecule has 0 aromatic heterocycles. The molecule has 44 heavy (non-hydrogen) atoms. The molecule has 0 saturated heterocycles. The molecule has 10 nitrogen and oxygen atoms in total. The van der Waals surface area contributed by atoms with Crippen LogP contribution in [0.1, 0.15) is 66.7 Å². The number of ether oxygens (including phenoxy) is 1. The minimum Gasteiger partial charge on any atom is -0.497 e. The third kappa shape index (κ3) is 9.51. The van der Waals surface area contributed by atoms with E-state index < -0.39 is 35.6 Å². The van der Waals surface area contributed by atoms with Crippen LogP contribution in [0.4, 0.5) is 5.69 Å². The van der Waals surface area contributed by atoms with Gasteiger partial charge in [-0.3, -0.25) is 9.59 Å². The number of methoxy groups -OCH3 is 1. The van der Waals surface area contributed by atoms with Crippen molar-refractivity contribution in [2.45, 2.75) is 69.0 Å². The lowest BCUT2D eigenvalue weighted by Crippen LogP contribution is -2.51. The molecule has 0 radical (unpaired) electrons. The van der Waals surface area contributed by atoms with E-state index in [9.17, 15) is 23.1 Å². The van der Waals surface area contributed by atoms with Crippen LogP contribution in [0.15, 0.2) is 47.4 Å². The molecule has 1 aliphatic rings. The fourth-order valence-electron chi connectivity index (χ4n) is 5.51. The number of aliphatic hydroxyl groups excluding tert-OH is 1. The fraction of sp³-hybridized carbons (Fsp3) is 0.531. The van der Waals surface area contributed by atoms with Crippen LogP contribution in [0, 0.1) is 5.92 Å². The monoisotopic (exact) mass is 647 g/mol. The van der Waals surface area contributed by atoms with Gasteiger partial charge in [0.05, 0.1) is 44.7 Å². The number of amides is 2. The number of carbonyl (C=O) groups is 2. The second-order valence-electron chi connectivity index (χ2n) is 12.1. The number of anilines is 1. The summed E-state index contributed by atoms with van der Waals surface area (Å²) in [5, 5.41) is 14.3. The lowest BCUT2D eigenvalue weighted by Gasteiger charge is -2.31. The van der Waals surface area contributed by atoms with Gasteiger partial charge in [-0.1, -0.05) is 33.1 Å². The van der Waals surface area contributed by atoms with Crippen molar-refractivity contribution in [3.8, 4) is 5.75 Å². The SMILES string of the molecule is C=[P+](C)CC(NC(=O)c1cc(N)cc(C(=O)N(C)C2CCCCC2)c1)C(O)CN(CC(C)C)S(=O)(=O)c1ccc(OC)cc1. The number of benzene rings is 2. The van der Waals surface area contributed by atoms with Gasteiger partial charge in [-0.25, -0.2) is 8.42 Å². The molecule has 242 valence electrons. The Morgan fingerprint density at radius 3 is 2.27 bits per heavy atom. The van der Waals surface area contributed by atoms with Gasteiger partial charge in [0, 0.05) is 43.0 Å². The van der Waals surface area contributed by atoms with Gasteiger partial charge in [0.25, 0.3) is 11.8 Å². The maximum Gasteiger partial charge on any atom is 0.253 e. The zero-order valence-corrected chi connectivity index (χ0v) is 28.2. The number of sulfonamides is 1. The van der Waals surface area contributed by atoms with Crippen LogP contribution in [-0.2, 0) is 10.0 Å². The molecule has 3 unspecified atom stereocenters. The molecule has 1 aliphatic carbocycles. The zero-order chi connectivity index (χ0) is 32.6. The van der Waals surface area contributed by atoms with E-state index in [1.807, 2.05) is 20.5 Å². The molecule has 3 atom stereocenters. The van der Waals surface area contributed by atoms with Crippen LogP contribution in [0.3, 0.4) is 0 Å². The van der Waals surface area contributed by atoms with Crippen molar-refractivity contribution in [3.63, 3.8) is 0 Å². The van der Waals surface area contributed by atoms with Gasteiger partial charge in [-0.05, 0) is 61.2 Å². The van der Waals surface area contributed by atoms with E-state index in [1.54, 1.807) is 30.1 Å². The number of nitrogens with zero attached hydrogens (tertiary/aromatic N) is 2. The Hall–Kier alpha value is -2.98. The number of nitrogens with one attached hydrogen (secondary N) is 1. The highest BCUT2D eigenvalue weighted by molar-refractivity contribution is 7.89. The van der Waals surface area contributed by atoms with Gasteiger partial charge in [0.15, 0.2) is 0 Å². The molecular formula is C32H48N4O6PS+. The summed E-state index contributed by atoms with van der Waals surface area (Å²) in [5.74, 6) is -0.200. The number of nitrogen functional groups attached to an aromatic ring is 1. The van der Waals surface area contributed by atoms with Crippen molar-refractivity contribution < 1.29 is 27.9 Å². The number of aliphatic hydroxyl groups is 1. The van der Waals surface area contributed by atoms with E-state index in [-0.39, 0.29) is 47.1 Å². The molecule has 12 heteroatoms. The largest absolute Gasteiger partial charge is 0.497 e. The summed E-state index contributed by atoms with van der Waals surface area (Å²) in [5.41, 5.74) is 6.92. The molecule has 1 fully saturated rings. The quantitative estimate of drug-likeness (QED) is 0.208. The second kappa shape index (κ2) is 15.8. The highest BCUT2D eigenvalue weighted by Crippen LogP contribution is 2.25. The molecule has 0 aliphatic heterocycles. The van der Waals surface area contributed by atoms with Gasteiger partial charge in [-0.15, -0.1) is 0 Å². The summed E-state index contributed by atoms with van der Waals surface area (Å²) in [4.78, 5) is 28.7. The van der Waals surface area contributed by atoms with Crippen LogP contribution in [-0.4, -0.2) is 99.1 Å². The maximum atomic E-state index is 13.6. The number of hydrogen-bond acceptors (Lipinski definition) is 7. The smallest absolute Gasteiger partial charge is 0.253 e. The third-order valence-electron chi connectivity index (χ3n) is 7.85. The van der Waals surface area contributed by atoms with E-state index in [0.717, 1.165) is 25.7 Å². The molecule has 2 aromatic rings. The Balaban J connectivity index is 1.83. The lowest BCUT2D eigenvalue weighted by molar-refractivity contribution is 0.0696. The Morgan fingerprint density at radius 2 is 1.70 bits per heavy atom. The minimum atomic E-state index is -3.96. The number of nitrogens with two attached hydrogens (primary N) is 1. The summed E-state index contributed by atoms with van der Waals surface area (Å²) >= 11 is 0. The highest BCUT2D eigenvalue weighted by atomic mass is 32.2. The summed E-state index contributed by atoms with van der Waals surface area (Å²) in [7, 11) is -1.49. The van der Waals surface area contributed by atoms with Crippen molar-refractivity contribution >= 4 is 41.4 Å². The van der Waals surface area contributed by atoms with Crippen molar-refractivity contribution in [2.24, 2.45) is 5.92 Å². The van der Waals surface area contributed by atoms with Gasteiger partial charge >= 0.3 is 0 Å². The van der Waals surface area contributed by atoms with Crippen LogP contribution in [0.25, 0.3) is 0 Å². The number of hydrogen-bond donors (Lipinski definition) is 3. The summed E-state index contributed by atoms with van der Waals surface area (Å²) in [6.45, 7) is 5.65. The lowest BCUT2D eigenvalue weighted by atomic mass is 9.94. The average molecular weight is 648 g/mol. The first kappa shape index (κ1) is 35.5. The summed E-state index contributed by atoms with van der Waals surface area (Å²) in [6, 6.07) is 10.0. The van der Waals surface area contributed by atoms with Gasteiger partial charge in [0.1, 0.15) is 11.9 Å². The number of rotatable bonds is 14. The summed E-state index contributed by atoms with van der Waals surface area (Å²) in [6.07, 6.45) is 8.45. The van der Waals surface area contributed by atoms with Crippen LogP contribution < -0.4 is 15.8 Å². The first-order chi connectivity index (χ1) is 20.7. The molecule has 0 spiro atoms. The maximum absolute atomic E-state index is 13.6. The molecule has 2 aromatic carbocycles. The predicted octanol–water partition coefficient (Wildman–Crippen LogP) is 4.03. The third-order valence-corrected chi connectivity index (χ3v) is 10.7. The topological polar surface area (TPSA) is 142 Å². The van der Waals surface area contributed by atoms with E-state index in [4.69, 9.17) is 10.5 Å².